The summed E-state index contributed by atoms with van der Waals surface area (Å²) in [4.78, 5) is 25.4. The van der Waals surface area contributed by atoms with E-state index in [4.69, 9.17) is 33.7 Å². The van der Waals surface area contributed by atoms with Gasteiger partial charge in [0.1, 0.15) is 0 Å². The SMILES string of the molecule is CC(C)(C)CCc1ccc([C@@]2(N)CCCCC2CO)cc1Cl.COC(=O)C12CC(NC(=O)C[C@]3(c4ccc(CCC(C)(C)C)c(Cl)c4)CCCCC3CO)(C1)C2. The van der Waals surface area contributed by atoms with Crippen molar-refractivity contribution >= 4 is 35.1 Å². The van der Waals surface area contributed by atoms with Crippen molar-refractivity contribution in [3.8, 4) is 0 Å². The van der Waals surface area contributed by atoms with E-state index >= 15 is 0 Å². The van der Waals surface area contributed by atoms with Gasteiger partial charge in [-0.05, 0) is 122 Å². The maximum atomic E-state index is 13.4. The first-order valence-corrected chi connectivity index (χ1v) is 22.0. The monoisotopic (exact) mass is 812 g/mol. The van der Waals surface area contributed by atoms with Crippen LogP contribution in [0.4, 0.5) is 0 Å². The zero-order chi connectivity index (χ0) is 41.2. The van der Waals surface area contributed by atoms with E-state index < -0.39 is 11.0 Å². The Morgan fingerprint density at radius 2 is 1.29 bits per heavy atom. The molecule has 9 heteroatoms. The highest BCUT2D eigenvalue weighted by Gasteiger charge is 2.73. The third-order valence-corrected chi connectivity index (χ3v) is 14.5. The largest absolute Gasteiger partial charge is 0.469 e. The summed E-state index contributed by atoms with van der Waals surface area (Å²) in [6.07, 6.45) is 14.5. The van der Waals surface area contributed by atoms with Crippen LogP contribution in [0.3, 0.4) is 0 Å². The standard InChI is InChI=1S/C28H40ClNO4.C19H30ClNO/c1-25(2,3)12-10-19-8-9-20(13-22(19)29)28(11-6-5-7-21(28)15-31)14-23(32)30-27-16-26(17-27,18-27)24(33)34-4;1-18(2,3)11-9-14-7-8-15(12-17(14)20)19(21)10-5-4-6-16(19)13-22/h8-9,13,21,31H,5-7,10-12,14-18H2,1-4H3,(H,30,32);7-8,12,16,22H,4-6,9-11,13,21H2,1-3H3/t21?,26?,27?,28-;16?,19-/m00/s1. The number of hydrogen-bond donors (Lipinski definition) is 4. The average molecular weight is 814 g/mol. The van der Waals surface area contributed by atoms with Crippen molar-refractivity contribution in [3.05, 3.63) is 68.7 Å². The molecule has 0 saturated heterocycles. The number of nitrogens with two attached hydrogens (primary N) is 1. The molecule has 0 radical (unpaired) electrons. The van der Waals surface area contributed by atoms with Gasteiger partial charge in [0.2, 0.25) is 5.91 Å². The van der Waals surface area contributed by atoms with E-state index in [1.165, 1.54) is 12.7 Å². The van der Waals surface area contributed by atoms with Crippen LogP contribution < -0.4 is 11.1 Å². The molecule has 1 amide bonds. The van der Waals surface area contributed by atoms with Crippen molar-refractivity contribution in [2.45, 2.75) is 161 Å². The van der Waals surface area contributed by atoms with E-state index in [0.29, 0.717) is 31.1 Å². The maximum absolute atomic E-state index is 13.4. The molecule has 5 aliphatic carbocycles. The number of benzene rings is 2. The Morgan fingerprint density at radius 1 is 0.786 bits per heavy atom. The number of hydrogen-bond acceptors (Lipinski definition) is 6. The van der Waals surface area contributed by atoms with E-state index in [9.17, 15) is 19.8 Å². The minimum atomic E-state index is -0.431. The second-order valence-corrected chi connectivity index (χ2v) is 21.3. The summed E-state index contributed by atoms with van der Waals surface area (Å²) < 4.78 is 4.93. The number of halogens is 2. The highest BCUT2D eigenvalue weighted by molar-refractivity contribution is 6.31. The predicted molar refractivity (Wildman–Crippen MR) is 228 cm³/mol. The van der Waals surface area contributed by atoms with Crippen molar-refractivity contribution < 1.29 is 24.5 Å². The lowest BCUT2D eigenvalue weighted by molar-refractivity contribution is -0.203. The first-order valence-electron chi connectivity index (χ1n) is 21.2. The summed E-state index contributed by atoms with van der Waals surface area (Å²) in [6, 6.07) is 12.6. The van der Waals surface area contributed by atoms with Crippen LogP contribution in [0.25, 0.3) is 0 Å². The van der Waals surface area contributed by atoms with Gasteiger partial charge in [-0.1, -0.05) is 115 Å². The van der Waals surface area contributed by atoms with Gasteiger partial charge in [0, 0.05) is 52.1 Å². The molecular formula is C47H70Cl2N2O5. The van der Waals surface area contributed by atoms with Gasteiger partial charge < -0.3 is 26.0 Å². The van der Waals surface area contributed by atoms with Gasteiger partial charge in [0.05, 0.1) is 12.5 Å². The van der Waals surface area contributed by atoms with E-state index in [-0.39, 0.29) is 53.3 Å². The summed E-state index contributed by atoms with van der Waals surface area (Å²) >= 11 is 13.3. The van der Waals surface area contributed by atoms with Gasteiger partial charge in [-0.15, -0.1) is 0 Å². The molecule has 2 aromatic carbocycles. The van der Waals surface area contributed by atoms with Gasteiger partial charge in [0.25, 0.3) is 0 Å². The van der Waals surface area contributed by atoms with Crippen LogP contribution >= 0.6 is 23.2 Å². The van der Waals surface area contributed by atoms with Gasteiger partial charge in [-0.3, -0.25) is 9.59 Å². The second kappa shape index (κ2) is 17.6. The summed E-state index contributed by atoms with van der Waals surface area (Å²) in [6.45, 7) is 13.7. The molecular weight excluding hydrogens is 743 g/mol. The number of rotatable bonds is 12. The molecule has 0 aliphatic heterocycles. The summed E-state index contributed by atoms with van der Waals surface area (Å²) in [5, 5.41) is 24.8. The number of carbonyl (C=O) groups is 2. The molecule has 0 heterocycles. The third-order valence-electron chi connectivity index (χ3n) is 13.8. The third kappa shape index (κ3) is 9.99. The lowest BCUT2D eigenvalue weighted by atomic mass is 9.39. The number of carbonyl (C=O) groups excluding carboxylic acids is 2. The number of aryl methyl sites for hydroxylation is 2. The number of aliphatic hydroxyl groups excluding tert-OH is 2. The Hall–Kier alpha value is -2.16. The summed E-state index contributed by atoms with van der Waals surface area (Å²) in [7, 11) is 1.43. The quantitative estimate of drug-likeness (QED) is 0.158. The fraction of sp³-hybridized carbons (Fsp3) is 0.702. The number of ether oxygens (including phenoxy) is 1. The molecule has 2 bridgehead atoms. The van der Waals surface area contributed by atoms with E-state index in [2.05, 4.69) is 71.1 Å². The van der Waals surface area contributed by atoms with Gasteiger partial charge >= 0.3 is 5.97 Å². The van der Waals surface area contributed by atoms with Crippen molar-refractivity contribution in [2.75, 3.05) is 20.3 Å². The molecule has 5 N–H and O–H groups in total. The molecule has 5 aliphatic rings. The Labute approximate surface area is 347 Å². The molecule has 0 spiro atoms. The molecule has 7 nitrogen and oxygen atoms in total. The first-order chi connectivity index (χ1) is 26.2. The number of aliphatic hydroxyl groups is 2. The van der Waals surface area contributed by atoms with Gasteiger partial charge in [0.15, 0.2) is 0 Å². The van der Waals surface area contributed by atoms with Crippen LogP contribution in [0.15, 0.2) is 36.4 Å². The normalized spacial score (nSPS) is 29.9. The molecule has 0 aromatic heterocycles. The number of esters is 1. The maximum Gasteiger partial charge on any atom is 0.312 e. The van der Waals surface area contributed by atoms with Crippen LogP contribution in [0.5, 0.6) is 0 Å². The smallest absolute Gasteiger partial charge is 0.312 e. The minimum absolute atomic E-state index is 0.00597. The molecule has 2 aromatic rings. The fourth-order valence-corrected chi connectivity index (χ4v) is 10.8. The number of amides is 1. The molecule has 2 unspecified atom stereocenters. The van der Waals surface area contributed by atoms with Crippen molar-refractivity contribution in [1.29, 1.82) is 0 Å². The summed E-state index contributed by atoms with van der Waals surface area (Å²) in [5.74, 6) is 0.0102. The van der Waals surface area contributed by atoms with Gasteiger partial charge in [-0.25, -0.2) is 0 Å². The summed E-state index contributed by atoms with van der Waals surface area (Å²) in [5.41, 5.74) is 10.2. The molecule has 4 atom stereocenters. The van der Waals surface area contributed by atoms with Crippen molar-refractivity contribution in [3.63, 3.8) is 0 Å². The lowest BCUT2D eigenvalue weighted by Gasteiger charge is -2.68. The Balaban J connectivity index is 0.000000236. The zero-order valence-electron chi connectivity index (χ0n) is 35.3. The Bertz CT molecular complexity index is 1680. The predicted octanol–water partition coefficient (Wildman–Crippen LogP) is 10.00. The molecule has 5 saturated carbocycles. The topological polar surface area (TPSA) is 122 Å². The fourth-order valence-electron chi connectivity index (χ4n) is 10.3. The van der Waals surface area contributed by atoms with Crippen molar-refractivity contribution in [1.82, 2.24) is 5.32 Å². The Kier molecular flexibility index (Phi) is 14.1. The lowest BCUT2D eigenvalue weighted by Crippen LogP contribution is -2.77. The zero-order valence-corrected chi connectivity index (χ0v) is 36.8. The Morgan fingerprint density at radius 3 is 1.79 bits per heavy atom. The average Bonchev–Trinajstić information content (AvgIpc) is 3.11. The van der Waals surface area contributed by atoms with Crippen LogP contribution in [0, 0.1) is 28.1 Å². The molecule has 7 rings (SSSR count). The number of methoxy groups -OCH3 is 1. The first kappa shape index (κ1) is 44.9. The molecule has 312 valence electrons. The molecule has 5 fully saturated rings. The van der Waals surface area contributed by atoms with Crippen LogP contribution in [0.1, 0.15) is 154 Å². The van der Waals surface area contributed by atoms with Crippen LogP contribution in [-0.4, -0.2) is 48.0 Å². The van der Waals surface area contributed by atoms with Crippen LogP contribution in [0.2, 0.25) is 10.0 Å². The second-order valence-electron chi connectivity index (χ2n) is 20.5. The minimum Gasteiger partial charge on any atom is -0.469 e. The van der Waals surface area contributed by atoms with Crippen molar-refractivity contribution in [2.24, 2.45) is 33.8 Å². The van der Waals surface area contributed by atoms with Gasteiger partial charge in [-0.2, -0.15) is 0 Å². The van der Waals surface area contributed by atoms with E-state index in [1.807, 2.05) is 12.1 Å². The highest BCUT2D eigenvalue weighted by Crippen LogP contribution is 2.67. The highest BCUT2D eigenvalue weighted by atomic mass is 35.5. The van der Waals surface area contributed by atoms with E-state index in [0.717, 1.165) is 104 Å². The van der Waals surface area contributed by atoms with E-state index in [1.54, 1.807) is 0 Å². The van der Waals surface area contributed by atoms with Crippen LogP contribution in [-0.2, 0) is 38.1 Å². The number of nitrogens with one attached hydrogen (secondary N) is 1. The molecule has 56 heavy (non-hydrogen) atoms.